The van der Waals surface area contributed by atoms with Crippen LogP contribution in [0.5, 0.6) is 0 Å². The molecule has 0 bridgehead atoms. The second-order valence-electron chi connectivity index (χ2n) is 3.90. The summed E-state index contributed by atoms with van der Waals surface area (Å²) >= 11 is 2.04. The molecule has 3 saturated heterocycles. The van der Waals surface area contributed by atoms with Crippen LogP contribution in [0.25, 0.3) is 0 Å². The Hall–Kier alpha value is 0.520. The molecule has 132 valence electrons. The molecule has 0 saturated carbocycles. The highest BCUT2D eigenvalue weighted by molar-refractivity contribution is 8.01. The van der Waals surface area contributed by atoms with Crippen LogP contribution in [0.15, 0.2) is 0 Å². The fourth-order valence-corrected chi connectivity index (χ4v) is 2.62. The molecular weight excluding hydrogens is 320 g/mol. The van der Waals surface area contributed by atoms with Gasteiger partial charge in [0.2, 0.25) is 0 Å². The molecule has 0 aromatic heterocycles. The summed E-state index contributed by atoms with van der Waals surface area (Å²) in [4.78, 5) is 0. The quantitative estimate of drug-likeness (QED) is 0.600. The Morgan fingerprint density at radius 3 is 1.10 bits per heavy atom. The standard InChI is InChI=1S/C4H8OS.C3H6OS.C3H6S.3C2H6/c1-6(5)3-2-4-6;4-5-2-1-3-5;1-2-4-3-1;3*1-2/h1-4H2;1-3H2;1-3H2;3*1-2H3. The van der Waals surface area contributed by atoms with Gasteiger partial charge in [-0.05, 0) is 46.2 Å². The minimum Gasteiger partial charge on any atom is -0.268 e. The molecule has 5 heteroatoms. The third kappa shape index (κ3) is 20.5. The van der Waals surface area contributed by atoms with Crippen molar-refractivity contribution in [2.45, 2.75) is 60.8 Å². The van der Waals surface area contributed by atoms with Crippen molar-refractivity contribution < 1.29 is 8.42 Å². The van der Waals surface area contributed by atoms with Gasteiger partial charge in [0.25, 0.3) is 0 Å². The Labute approximate surface area is 141 Å². The molecule has 0 aromatic rings. The third-order valence-electron chi connectivity index (χ3n) is 2.35. The summed E-state index contributed by atoms with van der Waals surface area (Å²) < 4.78 is 20.5. The largest absolute Gasteiger partial charge is 0.268 e. The molecule has 0 aromatic carbocycles. The lowest BCUT2D eigenvalue weighted by atomic mass is 10.5. The van der Waals surface area contributed by atoms with E-state index in [1.807, 2.05) is 53.3 Å². The normalized spacial score (nSPS) is 19.7. The van der Waals surface area contributed by atoms with Crippen LogP contribution < -0.4 is 0 Å². The molecule has 0 aliphatic carbocycles. The summed E-state index contributed by atoms with van der Waals surface area (Å²) in [5, 5.41) is 0. The van der Waals surface area contributed by atoms with Crippen LogP contribution in [0, 0.1) is 0 Å². The van der Waals surface area contributed by atoms with Gasteiger partial charge in [-0.3, -0.25) is 8.42 Å². The first-order chi connectivity index (χ1) is 10.1. The van der Waals surface area contributed by atoms with Gasteiger partial charge in [0, 0.05) is 33.8 Å². The molecule has 0 atom stereocenters. The topological polar surface area (TPSA) is 34.1 Å². The second kappa shape index (κ2) is 20.5. The van der Waals surface area contributed by atoms with Gasteiger partial charge in [-0.15, -0.1) is 0 Å². The Morgan fingerprint density at radius 1 is 0.857 bits per heavy atom. The number of rotatable bonds is 0. The Bertz CT molecular complexity index is 275. The van der Waals surface area contributed by atoms with Crippen LogP contribution in [0.4, 0.5) is 0 Å². The van der Waals surface area contributed by atoms with Crippen molar-refractivity contribution in [3.63, 3.8) is 0 Å². The lowest BCUT2D eigenvalue weighted by Gasteiger charge is -2.16. The van der Waals surface area contributed by atoms with E-state index in [9.17, 15) is 8.42 Å². The minimum absolute atomic E-state index is 0.392. The van der Waals surface area contributed by atoms with E-state index in [0.29, 0.717) is 0 Å². The average Bonchev–Trinajstić information content (AvgIpc) is 2.41. The van der Waals surface area contributed by atoms with Crippen molar-refractivity contribution >= 4 is 38.0 Å². The molecule has 21 heavy (non-hydrogen) atoms. The van der Waals surface area contributed by atoms with E-state index < -0.39 is 20.3 Å². The lowest BCUT2D eigenvalue weighted by molar-refractivity contribution is 0.668. The maximum atomic E-state index is 10.5. The molecule has 0 N–H and O–H groups in total. The lowest BCUT2D eigenvalue weighted by Crippen LogP contribution is -2.22. The van der Waals surface area contributed by atoms with Crippen LogP contribution in [0.2, 0.25) is 0 Å². The van der Waals surface area contributed by atoms with Gasteiger partial charge >= 0.3 is 0 Å². The van der Waals surface area contributed by atoms with Gasteiger partial charge in [0.05, 0.1) is 0 Å². The molecule has 0 amide bonds. The van der Waals surface area contributed by atoms with Crippen molar-refractivity contribution in [1.29, 1.82) is 0 Å². The monoisotopic (exact) mass is 358 g/mol. The van der Waals surface area contributed by atoms with Crippen LogP contribution in [0.3, 0.4) is 0 Å². The smallest absolute Gasteiger partial charge is 0.0243 e. The van der Waals surface area contributed by atoms with Gasteiger partial charge < -0.3 is 0 Å². The van der Waals surface area contributed by atoms with Crippen molar-refractivity contribution in [2.24, 2.45) is 0 Å². The molecule has 0 unspecified atom stereocenters. The summed E-state index contributed by atoms with van der Waals surface area (Å²) in [5.74, 6) is 9.99. The fourth-order valence-electron chi connectivity index (χ4n) is 0.873. The van der Waals surface area contributed by atoms with E-state index in [1.165, 1.54) is 24.3 Å². The predicted molar refractivity (Wildman–Crippen MR) is 108 cm³/mol. The number of hydrogen-bond acceptors (Lipinski definition) is 3. The van der Waals surface area contributed by atoms with Crippen molar-refractivity contribution in [1.82, 2.24) is 0 Å². The third-order valence-corrected chi connectivity index (χ3v) is 7.06. The van der Waals surface area contributed by atoms with Crippen molar-refractivity contribution in [3.05, 3.63) is 0 Å². The zero-order valence-corrected chi connectivity index (χ0v) is 17.6. The molecule has 3 fully saturated rings. The first-order valence-corrected chi connectivity index (χ1v) is 13.1. The van der Waals surface area contributed by atoms with Gasteiger partial charge in [-0.1, -0.05) is 41.5 Å². The molecule has 3 heterocycles. The summed E-state index contributed by atoms with van der Waals surface area (Å²) in [6.07, 6.45) is 3.78. The van der Waals surface area contributed by atoms with Gasteiger partial charge in [0.1, 0.15) is 0 Å². The van der Waals surface area contributed by atoms with E-state index >= 15 is 0 Å². The van der Waals surface area contributed by atoms with Crippen LogP contribution in [-0.2, 0) is 20.3 Å². The van der Waals surface area contributed by atoms with Gasteiger partial charge in [-0.2, -0.15) is 11.8 Å². The van der Waals surface area contributed by atoms with E-state index in [-0.39, 0.29) is 0 Å². The van der Waals surface area contributed by atoms with Crippen LogP contribution >= 0.6 is 11.8 Å². The van der Waals surface area contributed by atoms with E-state index in [4.69, 9.17) is 0 Å². The van der Waals surface area contributed by atoms with E-state index in [2.05, 4.69) is 5.87 Å². The van der Waals surface area contributed by atoms with Crippen LogP contribution in [-0.4, -0.2) is 48.8 Å². The zero-order valence-electron chi connectivity index (χ0n) is 15.1. The average molecular weight is 359 g/mol. The Morgan fingerprint density at radius 2 is 1.10 bits per heavy atom. The number of thioether (sulfide) groups is 1. The molecule has 3 aliphatic heterocycles. The minimum atomic E-state index is -1.48. The molecule has 3 rings (SSSR count). The van der Waals surface area contributed by atoms with Crippen LogP contribution in [0.1, 0.15) is 60.8 Å². The maximum Gasteiger partial charge on any atom is 0.0243 e. The summed E-state index contributed by atoms with van der Waals surface area (Å²) in [6.45, 7) is 12.0. The first-order valence-electron chi connectivity index (χ1n) is 8.35. The molecule has 0 radical (unpaired) electrons. The Kier molecular flexibility index (Phi) is 25.8. The molecule has 0 spiro atoms. The summed E-state index contributed by atoms with van der Waals surface area (Å²) in [7, 11) is -1.87. The molecular formula is C16H38O2S3. The summed E-state index contributed by atoms with van der Waals surface area (Å²) in [5.41, 5.74) is 0. The SMILES string of the molecule is C1CSC1.C=S1(=O)CCC1.CC.CC.CC.O=S1CCC1. The highest BCUT2D eigenvalue weighted by Crippen LogP contribution is 2.14. The highest BCUT2D eigenvalue weighted by atomic mass is 32.2. The van der Waals surface area contributed by atoms with Gasteiger partial charge in [-0.25, -0.2) is 0 Å². The molecule has 2 nitrogen and oxygen atoms in total. The van der Waals surface area contributed by atoms with Gasteiger partial charge in [0.15, 0.2) is 0 Å². The maximum absolute atomic E-state index is 10.5. The zero-order chi connectivity index (χ0) is 17.1. The van der Waals surface area contributed by atoms with E-state index in [1.54, 1.807) is 0 Å². The second-order valence-corrected chi connectivity index (χ2v) is 9.56. The first kappa shape index (κ1) is 26.4. The Balaban J connectivity index is -0.000000199. The van der Waals surface area contributed by atoms with E-state index in [0.717, 1.165) is 29.4 Å². The molecule has 3 aliphatic rings. The van der Waals surface area contributed by atoms with Crippen molar-refractivity contribution in [2.75, 3.05) is 34.5 Å². The predicted octanol–water partition coefficient (Wildman–Crippen LogP) is 4.45. The highest BCUT2D eigenvalue weighted by Gasteiger charge is 2.12. The van der Waals surface area contributed by atoms with Crippen molar-refractivity contribution in [3.8, 4) is 0 Å². The number of hydrogen-bond donors (Lipinski definition) is 0. The fraction of sp³-hybridized carbons (Fsp3) is 0.938. The summed E-state index contributed by atoms with van der Waals surface area (Å²) in [6, 6.07) is 0.